The molecule has 0 aromatic carbocycles. The standard InChI is InChI=1S/C15H19N7O5S3.Na/c1-21-14(18-19-20-21)29-5-9-6-30(26)13-15(27-2,7-22(13)11(9)12(24)25)17-10(23)3-4-28-8-16;/h13H,3-7H2,1-2H3,(H,17,23)(H,24,25);/q;+1/p-1/t13-,15+,30?;/m1./s1. The van der Waals surface area contributed by atoms with E-state index in [1.165, 1.54) is 28.5 Å². The number of amides is 1. The molecule has 0 bridgehead atoms. The number of nitrogens with zero attached hydrogens (tertiary/aromatic N) is 6. The number of thiocyanates is 1. The van der Waals surface area contributed by atoms with Crippen LogP contribution in [0.25, 0.3) is 0 Å². The molecule has 3 heterocycles. The van der Waals surface area contributed by atoms with E-state index < -0.39 is 28.2 Å². The summed E-state index contributed by atoms with van der Waals surface area (Å²) in [7, 11) is 3.03. The van der Waals surface area contributed by atoms with E-state index in [-0.39, 0.29) is 65.6 Å². The van der Waals surface area contributed by atoms with E-state index in [1.54, 1.807) is 7.05 Å². The van der Waals surface area contributed by atoms with E-state index in [9.17, 15) is 19.2 Å². The third-order valence-electron chi connectivity index (χ3n) is 4.64. The van der Waals surface area contributed by atoms with Crippen LogP contribution in [0, 0.1) is 10.7 Å². The van der Waals surface area contributed by atoms with Gasteiger partial charge in [0.25, 0.3) is 0 Å². The number of hydrogen-bond acceptors (Lipinski definition) is 12. The van der Waals surface area contributed by atoms with Crippen LogP contribution in [0.15, 0.2) is 16.4 Å². The van der Waals surface area contributed by atoms with Crippen LogP contribution in [0.2, 0.25) is 0 Å². The van der Waals surface area contributed by atoms with Crippen LogP contribution in [0.1, 0.15) is 6.42 Å². The Hall–Kier alpha value is -0.990. The van der Waals surface area contributed by atoms with E-state index in [2.05, 4.69) is 20.8 Å². The first-order valence-electron chi connectivity index (χ1n) is 8.62. The third-order valence-corrected chi connectivity index (χ3v) is 8.04. The Balaban J connectivity index is 0.00000341. The predicted molar refractivity (Wildman–Crippen MR) is 106 cm³/mol. The average Bonchev–Trinajstić information content (AvgIpc) is 3.08. The van der Waals surface area contributed by atoms with Gasteiger partial charge in [0.05, 0.1) is 18.2 Å². The molecule has 1 saturated heterocycles. The number of carbonyl (C=O) groups is 2. The molecule has 1 unspecified atom stereocenters. The summed E-state index contributed by atoms with van der Waals surface area (Å²) < 4.78 is 19.9. The Morgan fingerprint density at radius 2 is 2.26 bits per heavy atom. The van der Waals surface area contributed by atoms with E-state index in [0.29, 0.717) is 16.5 Å². The summed E-state index contributed by atoms with van der Waals surface area (Å²) in [5.74, 6) is -1.23. The number of hydrogen-bond donors (Lipinski definition) is 1. The van der Waals surface area contributed by atoms with E-state index >= 15 is 0 Å². The zero-order valence-electron chi connectivity index (χ0n) is 17.1. The molecule has 0 saturated carbocycles. The van der Waals surface area contributed by atoms with Crippen molar-refractivity contribution in [2.24, 2.45) is 7.05 Å². The Bertz CT molecular complexity index is 910. The van der Waals surface area contributed by atoms with Crippen molar-refractivity contribution in [1.82, 2.24) is 30.4 Å². The zero-order chi connectivity index (χ0) is 21.9. The molecule has 1 aromatic rings. The van der Waals surface area contributed by atoms with Crippen LogP contribution in [0.3, 0.4) is 0 Å². The molecule has 12 nitrogen and oxygen atoms in total. The third kappa shape index (κ3) is 5.50. The maximum Gasteiger partial charge on any atom is 1.00 e. The number of methoxy groups -OCH3 is 1. The van der Waals surface area contributed by atoms with E-state index in [0.717, 1.165) is 11.8 Å². The molecule has 3 rings (SSSR count). The monoisotopic (exact) mass is 495 g/mol. The normalized spacial score (nSPS) is 24.5. The molecule has 0 spiro atoms. The van der Waals surface area contributed by atoms with Gasteiger partial charge in [-0.25, -0.2) is 4.68 Å². The molecule has 31 heavy (non-hydrogen) atoms. The quantitative estimate of drug-likeness (QED) is 0.0863. The first-order chi connectivity index (χ1) is 14.3. The second-order valence-electron chi connectivity index (χ2n) is 6.45. The number of carbonyl (C=O) groups excluding carboxylic acids is 2. The minimum Gasteiger partial charge on any atom is -0.614 e. The second-order valence-corrected chi connectivity index (χ2v) is 9.77. The topological polar surface area (TPSA) is 172 Å². The van der Waals surface area contributed by atoms with Crippen molar-refractivity contribution in [3.05, 3.63) is 11.3 Å². The molecular weight excluding hydrogens is 477 g/mol. The number of thioether (sulfide) groups is 2. The molecule has 1 fully saturated rings. The fourth-order valence-corrected chi connectivity index (χ4v) is 6.52. The van der Waals surface area contributed by atoms with Crippen molar-refractivity contribution in [1.29, 1.82) is 5.26 Å². The summed E-state index contributed by atoms with van der Waals surface area (Å²) in [5, 5.41) is 35.7. The number of aromatic nitrogens is 4. The van der Waals surface area contributed by atoms with Crippen LogP contribution in [0.4, 0.5) is 0 Å². The number of fused-ring (bicyclic) bond motifs is 1. The molecule has 1 aromatic heterocycles. The summed E-state index contributed by atoms with van der Waals surface area (Å²) in [6, 6.07) is 0. The van der Waals surface area contributed by atoms with Gasteiger partial charge in [-0.2, -0.15) is 5.26 Å². The maximum atomic E-state index is 13.0. The number of carboxylic acid groups (broad SMARTS) is 1. The smallest absolute Gasteiger partial charge is 0.614 e. The van der Waals surface area contributed by atoms with E-state index in [1.807, 2.05) is 5.40 Å². The van der Waals surface area contributed by atoms with Gasteiger partial charge in [-0.15, -0.1) is 5.10 Å². The number of ether oxygens (including phenoxy) is 1. The summed E-state index contributed by atoms with van der Waals surface area (Å²) >= 11 is 0.642. The average molecular weight is 496 g/mol. The Morgan fingerprint density at radius 1 is 1.52 bits per heavy atom. The fraction of sp³-hybridized carbons (Fsp3) is 0.600. The molecule has 3 atom stereocenters. The first kappa shape index (κ1) is 26.3. The van der Waals surface area contributed by atoms with Crippen LogP contribution in [0.5, 0.6) is 0 Å². The van der Waals surface area contributed by atoms with Gasteiger partial charge in [-0.1, -0.05) is 11.8 Å². The predicted octanol–water partition coefficient (Wildman–Crippen LogP) is -5.22. The van der Waals surface area contributed by atoms with Gasteiger partial charge in [-0.05, 0) is 33.4 Å². The number of tetrazole rings is 1. The zero-order valence-corrected chi connectivity index (χ0v) is 21.5. The number of nitriles is 1. The molecule has 162 valence electrons. The molecule has 0 aliphatic carbocycles. The molecule has 2 aliphatic rings. The molecule has 1 N–H and O–H groups in total. The second kappa shape index (κ2) is 11.2. The van der Waals surface area contributed by atoms with Gasteiger partial charge in [0.1, 0.15) is 11.2 Å². The summed E-state index contributed by atoms with van der Waals surface area (Å²) in [6.07, 6.45) is 0.0828. The van der Waals surface area contributed by atoms with Crippen molar-refractivity contribution < 1.29 is 53.5 Å². The SMILES string of the molecule is CO[C@@]1(NC(=O)CCSC#N)CN2C(C(=O)[O-])=C(CSc3nnnn3C)C[S+]([O-])[C@@H]21.[Na+]. The van der Waals surface area contributed by atoms with Gasteiger partial charge < -0.3 is 29.4 Å². The van der Waals surface area contributed by atoms with Crippen LogP contribution >= 0.6 is 23.5 Å². The van der Waals surface area contributed by atoms with Gasteiger partial charge in [-0.3, -0.25) is 4.79 Å². The summed E-state index contributed by atoms with van der Waals surface area (Å²) in [4.78, 5) is 25.5. The van der Waals surface area contributed by atoms with Gasteiger partial charge in [0.15, 0.2) is 0 Å². The van der Waals surface area contributed by atoms with Crippen molar-refractivity contribution in [2.75, 3.05) is 30.9 Å². The van der Waals surface area contributed by atoms with Crippen molar-refractivity contribution in [3.8, 4) is 5.40 Å². The maximum absolute atomic E-state index is 13.0. The van der Waals surface area contributed by atoms with Crippen molar-refractivity contribution in [3.63, 3.8) is 0 Å². The molecule has 2 aliphatic heterocycles. The van der Waals surface area contributed by atoms with Crippen LogP contribution in [-0.4, -0.2) is 83.5 Å². The molecule has 1 amide bonds. The number of aliphatic carboxylic acids is 1. The van der Waals surface area contributed by atoms with Crippen LogP contribution in [-0.2, 0) is 32.5 Å². The Kier molecular flexibility index (Phi) is 9.52. The number of nitrogens with one attached hydrogen (secondary N) is 1. The molecular formula is C15H18N7NaO5S3. The fourth-order valence-electron chi connectivity index (χ4n) is 3.30. The summed E-state index contributed by atoms with van der Waals surface area (Å²) in [6.45, 7) is 0.0139. The summed E-state index contributed by atoms with van der Waals surface area (Å²) in [5.41, 5.74) is -0.880. The number of aryl methyl sites for hydroxylation is 1. The number of rotatable bonds is 9. The Labute approximate surface area is 212 Å². The molecule has 16 heteroatoms. The van der Waals surface area contributed by atoms with Crippen molar-refractivity contribution in [2.45, 2.75) is 22.7 Å². The van der Waals surface area contributed by atoms with Crippen molar-refractivity contribution >= 4 is 46.6 Å². The first-order valence-corrected chi connectivity index (χ1v) is 12.0. The van der Waals surface area contributed by atoms with Gasteiger partial charge in [0.2, 0.25) is 22.2 Å². The largest absolute Gasteiger partial charge is 1.00 e. The van der Waals surface area contributed by atoms with Gasteiger partial charge in [0, 0.05) is 37.7 Å². The molecule has 0 radical (unpaired) electrons. The number of carboxylic acids is 1. The Morgan fingerprint density at radius 3 is 2.84 bits per heavy atom. The minimum atomic E-state index is -1.53. The minimum absolute atomic E-state index is 0. The van der Waals surface area contributed by atoms with Gasteiger partial charge >= 0.3 is 29.6 Å². The van der Waals surface area contributed by atoms with Crippen LogP contribution < -0.4 is 40.0 Å². The van der Waals surface area contributed by atoms with E-state index in [4.69, 9.17) is 10.00 Å².